The lowest BCUT2D eigenvalue weighted by atomic mass is 10.6. The van der Waals surface area contributed by atoms with Gasteiger partial charge in [0.05, 0.1) is 8.79 Å². The molecule has 0 saturated carbocycles. The largest absolute Gasteiger partial charge is 0.376 e. The van der Waals surface area contributed by atoms with E-state index in [-0.39, 0.29) is 6.73 Å². The van der Waals surface area contributed by atoms with Gasteiger partial charge in [0.25, 0.3) is 0 Å². The molecule has 4 heteroatoms. The molecule has 0 aromatic carbocycles. The quantitative estimate of drug-likeness (QED) is 0.772. The maximum atomic E-state index is 8.71. The fourth-order valence-electron chi connectivity index (χ4n) is 0.580. The van der Waals surface area contributed by atoms with Crippen molar-refractivity contribution in [2.75, 3.05) is 18.7 Å². The van der Waals surface area contributed by atoms with E-state index in [1.807, 2.05) is 19.2 Å². The van der Waals surface area contributed by atoms with Crippen LogP contribution >= 0.6 is 27.3 Å². The van der Waals surface area contributed by atoms with Gasteiger partial charge in [0, 0.05) is 7.05 Å². The number of halogens is 1. The van der Waals surface area contributed by atoms with E-state index in [0.29, 0.717) is 0 Å². The predicted octanol–water partition coefficient (Wildman–Crippen LogP) is 1.90. The van der Waals surface area contributed by atoms with Crippen LogP contribution in [0.1, 0.15) is 0 Å². The Morgan fingerprint density at radius 3 is 2.80 bits per heavy atom. The standard InChI is InChI=1S/C6H8BrNOS/c1-8(4-9)6-3-2-5(7)10-6/h2-3,9H,4H2,1H3. The zero-order chi connectivity index (χ0) is 7.56. The molecule has 0 bridgehead atoms. The minimum absolute atomic E-state index is 0.0625. The van der Waals surface area contributed by atoms with E-state index < -0.39 is 0 Å². The fraction of sp³-hybridized carbons (Fsp3) is 0.333. The molecule has 0 amide bonds. The topological polar surface area (TPSA) is 23.5 Å². The van der Waals surface area contributed by atoms with Crippen LogP contribution in [0.25, 0.3) is 0 Å². The molecule has 0 atom stereocenters. The molecule has 1 N–H and O–H groups in total. The van der Waals surface area contributed by atoms with Crippen LogP contribution in [0, 0.1) is 0 Å². The lowest BCUT2D eigenvalue weighted by molar-refractivity contribution is 0.299. The third-order valence-electron chi connectivity index (χ3n) is 1.15. The van der Waals surface area contributed by atoms with Crippen molar-refractivity contribution in [1.82, 2.24) is 0 Å². The molecule has 1 rings (SSSR count). The van der Waals surface area contributed by atoms with Crippen molar-refractivity contribution in [2.24, 2.45) is 0 Å². The van der Waals surface area contributed by atoms with Crippen molar-refractivity contribution in [1.29, 1.82) is 0 Å². The average Bonchev–Trinajstić information content (AvgIpc) is 2.34. The first-order valence-corrected chi connectivity index (χ1v) is 4.42. The van der Waals surface area contributed by atoms with Gasteiger partial charge in [-0.1, -0.05) is 0 Å². The van der Waals surface area contributed by atoms with Crippen molar-refractivity contribution >= 4 is 32.3 Å². The van der Waals surface area contributed by atoms with Crippen molar-refractivity contribution in [2.45, 2.75) is 0 Å². The van der Waals surface area contributed by atoms with Gasteiger partial charge in [-0.3, -0.25) is 0 Å². The maximum absolute atomic E-state index is 8.71. The van der Waals surface area contributed by atoms with Crippen LogP contribution in [0.2, 0.25) is 0 Å². The zero-order valence-corrected chi connectivity index (χ0v) is 7.94. The van der Waals surface area contributed by atoms with Gasteiger partial charge < -0.3 is 10.0 Å². The highest BCUT2D eigenvalue weighted by atomic mass is 79.9. The summed E-state index contributed by atoms with van der Waals surface area (Å²) in [5, 5.41) is 9.78. The molecule has 1 aromatic rings. The predicted molar refractivity (Wildman–Crippen MR) is 47.5 cm³/mol. The van der Waals surface area contributed by atoms with Gasteiger partial charge in [-0.25, -0.2) is 0 Å². The van der Waals surface area contributed by atoms with Crippen molar-refractivity contribution in [3.05, 3.63) is 15.9 Å². The Kier molecular flexibility index (Phi) is 2.71. The van der Waals surface area contributed by atoms with Crippen LogP contribution in [-0.4, -0.2) is 18.9 Å². The molecule has 0 fully saturated rings. The first-order chi connectivity index (χ1) is 4.74. The minimum Gasteiger partial charge on any atom is -0.376 e. The smallest absolute Gasteiger partial charge is 0.116 e. The van der Waals surface area contributed by atoms with Gasteiger partial charge in [0.1, 0.15) is 6.73 Å². The number of hydrogen-bond acceptors (Lipinski definition) is 3. The molecular weight excluding hydrogens is 214 g/mol. The highest BCUT2D eigenvalue weighted by Crippen LogP contribution is 2.28. The molecule has 0 aliphatic rings. The van der Waals surface area contributed by atoms with E-state index in [2.05, 4.69) is 15.9 Å². The summed E-state index contributed by atoms with van der Waals surface area (Å²) in [4.78, 5) is 1.77. The van der Waals surface area contributed by atoms with Crippen LogP contribution in [-0.2, 0) is 0 Å². The molecule has 10 heavy (non-hydrogen) atoms. The minimum atomic E-state index is 0.0625. The number of anilines is 1. The molecule has 2 nitrogen and oxygen atoms in total. The van der Waals surface area contributed by atoms with Gasteiger partial charge in [0.15, 0.2) is 0 Å². The molecule has 0 aliphatic carbocycles. The summed E-state index contributed by atoms with van der Waals surface area (Å²) in [6, 6.07) is 3.93. The lowest BCUT2D eigenvalue weighted by Crippen LogP contribution is -2.15. The summed E-state index contributed by atoms with van der Waals surface area (Å²) < 4.78 is 1.09. The van der Waals surface area contributed by atoms with Crippen LogP contribution in [0.5, 0.6) is 0 Å². The summed E-state index contributed by atoms with van der Waals surface area (Å²) in [7, 11) is 1.85. The number of thiophene rings is 1. The molecular formula is C6H8BrNOS. The molecule has 0 unspecified atom stereocenters. The van der Waals surface area contributed by atoms with Crippen LogP contribution < -0.4 is 4.90 Å². The molecule has 0 radical (unpaired) electrons. The number of aliphatic hydroxyl groups excluding tert-OH is 1. The Hall–Kier alpha value is -0.0600. The Morgan fingerprint density at radius 1 is 1.70 bits per heavy atom. The van der Waals surface area contributed by atoms with E-state index in [1.54, 1.807) is 16.2 Å². The third kappa shape index (κ3) is 1.71. The second-order valence-electron chi connectivity index (χ2n) is 1.92. The summed E-state index contributed by atoms with van der Waals surface area (Å²) >= 11 is 4.94. The molecule has 0 aliphatic heterocycles. The van der Waals surface area contributed by atoms with E-state index >= 15 is 0 Å². The second kappa shape index (κ2) is 3.37. The molecule has 56 valence electrons. The van der Waals surface area contributed by atoms with Gasteiger partial charge >= 0.3 is 0 Å². The summed E-state index contributed by atoms with van der Waals surface area (Å²) in [6.07, 6.45) is 0. The van der Waals surface area contributed by atoms with Crippen LogP contribution in [0.4, 0.5) is 5.00 Å². The number of aliphatic hydroxyl groups is 1. The number of rotatable bonds is 2. The average molecular weight is 222 g/mol. The zero-order valence-electron chi connectivity index (χ0n) is 5.54. The van der Waals surface area contributed by atoms with Crippen molar-refractivity contribution in [3.63, 3.8) is 0 Å². The first-order valence-electron chi connectivity index (χ1n) is 2.81. The first kappa shape index (κ1) is 8.04. The maximum Gasteiger partial charge on any atom is 0.116 e. The summed E-state index contributed by atoms with van der Waals surface area (Å²) in [6.45, 7) is 0.0625. The monoisotopic (exact) mass is 221 g/mol. The Balaban J connectivity index is 2.74. The molecule has 0 spiro atoms. The number of hydrogen-bond donors (Lipinski definition) is 1. The van der Waals surface area contributed by atoms with Gasteiger partial charge in [-0.15, -0.1) is 11.3 Å². The molecule has 1 heterocycles. The van der Waals surface area contributed by atoms with Gasteiger partial charge in [-0.05, 0) is 28.1 Å². The van der Waals surface area contributed by atoms with Gasteiger partial charge in [-0.2, -0.15) is 0 Å². The van der Waals surface area contributed by atoms with Crippen LogP contribution in [0.15, 0.2) is 15.9 Å². The Labute approximate surface area is 72.2 Å². The highest BCUT2D eigenvalue weighted by Gasteiger charge is 2.00. The molecule has 0 saturated heterocycles. The Morgan fingerprint density at radius 2 is 2.40 bits per heavy atom. The lowest BCUT2D eigenvalue weighted by Gasteiger charge is -2.11. The van der Waals surface area contributed by atoms with E-state index in [9.17, 15) is 0 Å². The molecule has 1 aromatic heterocycles. The third-order valence-corrected chi connectivity index (χ3v) is 2.89. The van der Waals surface area contributed by atoms with E-state index in [1.165, 1.54) is 0 Å². The van der Waals surface area contributed by atoms with Gasteiger partial charge in [0.2, 0.25) is 0 Å². The summed E-state index contributed by atoms with van der Waals surface area (Å²) in [5.41, 5.74) is 0. The summed E-state index contributed by atoms with van der Waals surface area (Å²) in [5.74, 6) is 0. The SMILES string of the molecule is CN(CO)c1ccc(Br)s1. The van der Waals surface area contributed by atoms with Crippen molar-refractivity contribution in [3.8, 4) is 0 Å². The van der Waals surface area contributed by atoms with Crippen molar-refractivity contribution < 1.29 is 5.11 Å². The fourth-order valence-corrected chi connectivity index (χ4v) is 1.89. The highest BCUT2D eigenvalue weighted by molar-refractivity contribution is 9.11. The van der Waals surface area contributed by atoms with E-state index in [0.717, 1.165) is 8.79 Å². The second-order valence-corrected chi connectivity index (χ2v) is 4.36. The number of nitrogens with zero attached hydrogens (tertiary/aromatic N) is 1. The van der Waals surface area contributed by atoms with E-state index in [4.69, 9.17) is 5.11 Å². The normalized spacial score (nSPS) is 9.90. The van der Waals surface area contributed by atoms with Crippen LogP contribution in [0.3, 0.4) is 0 Å². The Bertz CT molecular complexity index is 213.